The molecule has 2 aliphatic rings. The SMILES string of the molecule is O=C(Nc1ccc2c(c1)OCO2)C1CCCN(Cc2nc(-c3ccc(Cl)cc3)no2)C1. The van der Waals surface area contributed by atoms with Crippen LogP contribution >= 0.6 is 11.6 Å². The average Bonchev–Trinajstić information content (AvgIpc) is 3.44. The average molecular weight is 441 g/mol. The van der Waals surface area contributed by atoms with E-state index in [1.165, 1.54) is 0 Å². The molecule has 3 heterocycles. The third-order valence-electron chi connectivity index (χ3n) is 5.45. The van der Waals surface area contributed by atoms with E-state index < -0.39 is 0 Å². The summed E-state index contributed by atoms with van der Waals surface area (Å²) in [6.45, 7) is 2.23. The second-order valence-electron chi connectivity index (χ2n) is 7.65. The molecular weight excluding hydrogens is 420 g/mol. The zero-order chi connectivity index (χ0) is 21.2. The van der Waals surface area contributed by atoms with Gasteiger partial charge in [0.25, 0.3) is 0 Å². The first kappa shape index (κ1) is 19.8. The van der Waals surface area contributed by atoms with Crippen molar-refractivity contribution in [3.8, 4) is 22.9 Å². The van der Waals surface area contributed by atoms with Crippen molar-refractivity contribution in [2.75, 3.05) is 25.2 Å². The lowest BCUT2D eigenvalue weighted by molar-refractivity contribution is -0.121. The van der Waals surface area contributed by atoms with Crippen molar-refractivity contribution in [1.29, 1.82) is 0 Å². The smallest absolute Gasteiger partial charge is 0.241 e. The molecule has 0 aliphatic carbocycles. The molecule has 0 saturated carbocycles. The molecule has 0 spiro atoms. The Morgan fingerprint density at radius 3 is 2.87 bits per heavy atom. The number of benzene rings is 2. The van der Waals surface area contributed by atoms with E-state index in [0.717, 1.165) is 24.9 Å². The Kier molecular flexibility index (Phi) is 5.48. The fourth-order valence-electron chi connectivity index (χ4n) is 3.86. The minimum atomic E-state index is -0.113. The van der Waals surface area contributed by atoms with Gasteiger partial charge in [-0.15, -0.1) is 0 Å². The van der Waals surface area contributed by atoms with Crippen LogP contribution in [-0.2, 0) is 11.3 Å². The number of ether oxygens (including phenoxy) is 2. The molecule has 1 unspecified atom stereocenters. The van der Waals surface area contributed by atoms with E-state index >= 15 is 0 Å². The number of piperidine rings is 1. The number of aromatic nitrogens is 2. The number of nitrogens with zero attached hydrogens (tertiary/aromatic N) is 3. The second kappa shape index (κ2) is 8.56. The quantitative estimate of drug-likeness (QED) is 0.642. The summed E-state index contributed by atoms with van der Waals surface area (Å²) in [5.41, 5.74) is 1.55. The highest BCUT2D eigenvalue weighted by atomic mass is 35.5. The van der Waals surface area contributed by atoms with Crippen molar-refractivity contribution >= 4 is 23.2 Å². The van der Waals surface area contributed by atoms with Gasteiger partial charge in [0.2, 0.25) is 24.4 Å². The molecule has 5 rings (SSSR count). The van der Waals surface area contributed by atoms with Crippen LogP contribution in [-0.4, -0.2) is 40.8 Å². The molecule has 31 heavy (non-hydrogen) atoms. The number of halogens is 1. The van der Waals surface area contributed by atoms with Gasteiger partial charge in [-0.3, -0.25) is 9.69 Å². The largest absolute Gasteiger partial charge is 0.454 e. The highest BCUT2D eigenvalue weighted by Gasteiger charge is 2.27. The fraction of sp³-hybridized carbons (Fsp3) is 0.318. The lowest BCUT2D eigenvalue weighted by atomic mass is 9.97. The number of carbonyl (C=O) groups is 1. The maximum atomic E-state index is 12.8. The summed E-state index contributed by atoms with van der Waals surface area (Å²) in [6, 6.07) is 12.7. The van der Waals surface area contributed by atoms with E-state index in [0.29, 0.717) is 47.0 Å². The Bertz CT molecular complexity index is 1090. The number of hydrogen-bond donors (Lipinski definition) is 1. The van der Waals surface area contributed by atoms with Crippen molar-refractivity contribution in [3.05, 3.63) is 53.4 Å². The molecule has 1 amide bonds. The van der Waals surface area contributed by atoms with Crippen LogP contribution in [0.4, 0.5) is 5.69 Å². The van der Waals surface area contributed by atoms with Crippen LogP contribution in [0.1, 0.15) is 18.7 Å². The molecule has 0 radical (unpaired) electrons. The molecule has 1 saturated heterocycles. The highest BCUT2D eigenvalue weighted by molar-refractivity contribution is 6.30. The molecule has 3 aromatic rings. The Morgan fingerprint density at radius 2 is 2.00 bits per heavy atom. The highest BCUT2D eigenvalue weighted by Crippen LogP contribution is 2.34. The van der Waals surface area contributed by atoms with Gasteiger partial charge in [-0.1, -0.05) is 16.8 Å². The van der Waals surface area contributed by atoms with Crippen LogP contribution in [0.25, 0.3) is 11.4 Å². The molecule has 0 bridgehead atoms. The summed E-state index contributed by atoms with van der Waals surface area (Å²) < 4.78 is 16.1. The molecule has 9 heteroatoms. The number of hydrogen-bond acceptors (Lipinski definition) is 7. The lowest BCUT2D eigenvalue weighted by Crippen LogP contribution is -2.40. The van der Waals surface area contributed by atoms with Gasteiger partial charge in [0.05, 0.1) is 12.5 Å². The van der Waals surface area contributed by atoms with Gasteiger partial charge < -0.3 is 19.3 Å². The minimum absolute atomic E-state index is 0.00375. The van der Waals surface area contributed by atoms with Crippen molar-refractivity contribution in [1.82, 2.24) is 15.0 Å². The van der Waals surface area contributed by atoms with Gasteiger partial charge in [-0.25, -0.2) is 0 Å². The van der Waals surface area contributed by atoms with E-state index in [-0.39, 0.29) is 18.6 Å². The summed E-state index contributed by atoms with van der Waals surface area (Å²) >= 11 is 5.93. The Hall–Kier alpha value is -3.10. The zero-order valence-electron chi connectivity index (χ0n) is 16.7. The summed E-state index contributed by atoms with van der Waals surface area (Å²) in [6.07, 6.45) is 1.77. The van der Waals surface area contributed by atoms with Crippen LogP contribution in [0.5, 0.6) is 11.5 Å². The maximum Gasteiger partial charge on any atom is 0.241 e. The first-order chi connectivity index (χ1) is 15.1. The summed E-state index contributed by atoms with van der Waals surface area (Å²) in [4.78, 5) is 19.5. The zero-order valence-corrected chi connectivity index (χ0v) is 17.5. The van der Waals surface area contributed by atoms with Crippen molar-refractivity contribution in [2.24, 2.45) is 5.92 Å². The van der Waals surface area contributed by atoms with Crippen LogP contribution in [0.3, 0.4) is 0 Å². The maximum absolute atomic E-state index is 12.8. The van der Waals surface area contributed by atoms with E-state index in [1.807, 2.05) is 18.2 Å². The number of fused-ring (bicyclic) bond motifs is 1. The monoisotopic (exact) mass is 440 g/mol. The number of nitrogens with one attached hydrogen (secondary N) is 1. The van der Waals surface area contributed by atoms with Gasteiger partial charge in [-0.05, 0) is 55.8 Å². The van der Waals surface area contributed by atoms with Gasteiger partial charge in [0, 0.05) is 28.9 Å². The third kappa shape index (κ3) is 4.50. The molecule has 1 fully saturated rings. The van der Waals surface area contributed by atoms with Gasteiger partial charge >= 0.3 is 0 Å². The number of amides is 1. The number of rotatable bonds is 5. The Labute approximate surface area is 184 Å². The molecule has 8 nitrogen and oxygen atoms in total. The molecule has 1 atom stereocenters. The number of carbonyl (C=O) groups excluding carboxylic acids is 1. The van der Waals surface area contributed by atoms with Gasteiger partial charge in [-0.2, -0.15) is 4.98 Å². The van der Waals surface area contributed by atoms with Crippen molar-refractivity contribution < 1.29 is 18.8 Å². The summed E-state index contributed by atoms with van der Waals surface area (Å²) in [5.74, 6) is 2.28. The topological polar surface area (TPSA) is 89.7 Å². The Balaban J connectivity index is 1.19. The predicted octanol–water partition coefficient (Wildman–Crippen LogP) is 3.97. The molecule has 2 aromatic carbocycles. The van der Waals surface area contributed by atoms with Crippen molar-refractivity contribution in [3.63, 3.8) is 0 Å². The lowest BCUT2D eigenvalue weighted by Gasteiger charge is -2.30. The van der Waals surface area contributed by atoms with E-state index in [2.05, 4.69) is 20.4 Å². The van der Waals surface area contributed by atoms with Crippen LogP contribution in [0.2, 0.25) is 5.02 Å². The van der Waals surface area contributed by atoms with Crippen LogP contribution in [0.15, 0.2) is 47.0 Å². The number of likely N-dealkylation sites (tertiary alicyclic amines) is 1. The van der Waals surface area contributed by atoms with Crippen molar-refractivity contribution in [2.45, 2.75) is 19.4 Å². The second-order valence-corrected chi connectivity index (χ2v) is 8.09. The molecular formula is C22H21ClN4O4. The van der Waals surface area contributed by atoms with Crippen LogP contribution in [0, 0.1) is 5.92 Å². The molecule has 2 aliphatic heterocycles. The predicted molar refractivity (Wildman–Crippen MR) is 114 cm³/mol. The first-order valence-corrected chi connectivity index (χ1v) is 10.5. The number of anilines is 1. The Morgan fingerprint density at radius 1 is 1.16 bits per heavy atom. The van der Waals surface area contributed by atoms with E-state index in [4.69, 9.17) is 25.6 Å². The van der Waals surface area contributed by atoms with E-state index in [9.17, 15) is 4.79 Å². The van der Waals surface area contributed by atoms with Crippen LogP contribution < -0.4 is 14.8 Å². The fourth-order valence-corrected chi connectivity index (χ4v) is 3.98. The molecule has 160 valence electrons. The minimum Gasteiger partial charge on any atom is -0.454 e. The van der Waals surface area contributed by atoms with Gasteiger partial charge in [0.1, 0.15) is 0 Å². The first-order valence-electron chi connectivity index (χ1n) is 10.2. The third-order valence-corrected chi connectivity index (χ3v) is 5.70. The van der Waals surface area contributed by atoms with Gasteiger partial charge in [0.15, 0.2) is 11.5 Å². The standard InChI is InChI=1S/C22H21ClN4O4/c23-16-5-3-14(4-6-16)21-25-20(31-26-21)12-27-9-1-2-15(11-27)22(28)24-17-7-8-18-19(10-17)30-13-29-18/h3-8,10,15H,1-2,9,11-13H2,(H,24,28). The van der Waals surface area contributed by atoms with E-state index in [1.54, 1.807) is 24.3 Å². The molecule has 1 aromatic heterocycles. The molecule has 1 N–H and O–H groups in total. The summed E-state index contributed by atoms with van der Waals surface area (Å²) in [7, 11) is 0. The normalized spacial score (nSPS) is 18.2. The summed E-state index contributed by atoms with van der Waals surface area (Å²) in [5, 5.41) is 7.71.